The van der Waals surface area contributed by atoms with Gasteiger partial charge in [0.1, 0.15) is 5.75 Å². The average Bonchev–Trinajstić information content (AvgIpc) is 2.43. The van der Waals surface area contributed by atoms with Gasteiger partial charge in [-0.05, 0) is 38.5 Å². The fourth-order valence-electron chi connectivity index (χ4n) is 2.05. The van der Waals surface area contributed by atoms with Crippen molar-refractivity contribution in [3.05, 3.63) is 23.8 Å². The Hall–Kier alpha value is -1.11. The number of hydrogen-bond acceptors (Lipinski definition) is 4. The highest BCUT2D eigenvalue weighted by atomic mass is 32.2. The second kappa shape index (κ2) is 7.06. The number of rotatable bonds is 7. The van der Waals surface area contributed by atoms with Crippen molar-refractivity contribution in [2.45, 2.75) is 44.7 Å². The number of nitrogens with zero attached hydrogens (tertiary/aromatic N) is 1. The van der Waals surface area contributed by atoms with Crippen LogP contribution >= 0.6 is 0 Å². The van der Waals surface area contributed by atoms with E-state index in [0.717, 1.165) is 6.42 Å². The Labute approximate surface area is 121 Å². The van der Waals surface area contributed by atoms with Gasteiger partial charge in [-0.15, -0.1) is 0 Å². The third-order valence-corrected chi connectivity index (χ3v) is 5.12. The summed E-state index contributed by atoms with van der Waals surface area (Å²) in [5.74, 6) is 0.484. The van der Waals surface area contributed by atoms with E-state index in [1.807, 2.05) is 20.8 Å². The van der Waals surface area contributed by atoms with E-state index in [9.17, 15) is 13.5 Å². The monoisotopic (exact) mass is 301 g/mol. The molecule has 1 rings (SSSR count). The molecule has 5 nitrogen and oxygen atoms in total. The third kappa shape index (κ3) is 3.50. The Bertz CT molecular complexity index is 540. The molecule has 0 radical (unpaired) electrons. The molecule has 0 bridgehead atoms. The van der Waals surface area contributed by atoms with Gasteiger partial charge in [-0.2, -0.15) is 4.31 Å². The van der Waals surface area contributed by atoms with Crippen LogP contribution in [0.4, 0.5) is 0 Å². The molecule has 0 heterocycles. The summed E-state index contributed by atoms with van der Waals surface area (Å²) in [6.45, 7) is 5.86. The van der Waals surface area contributed by atoms with Crippen LogP contribution in [0.3, 0.4) is 0 Å². The standard InChI is InChI=1S/C14H23NO4S/c1-5-8-15(11(2)3)20(17,18)13-6-7-14(19-4)12(9-13)10-16/h6-7,9,11,16H,5,8,10H2,1-4H3. The van der Waals surface area contributed by atoms with Crippen molar-refractivity contribution in [2.24, 2.45) is 0 Å². The van der Waals surface area contributed by atoms with Gasteiger partial charge in [0.15, 0.2) is 0 Å². The van der Waals surface area contributed by atoms with Crippen LogP contribution in [0.1, 0.15) is 32.8 Å². The second-order valence-electron chi connectivity index (χ2n) is 4.84. The predicted octanol–water partition coefficient (Wildman–Crippen LogP) is 2.00. The maximum absolute atomic E-state index is 12.6. The zero-order valence-electron chi connectivity index (χ0n) is 12.5. The van der Waals surface area contributed by atoms with Crippen molar-refractivity contribution in [2.75, 3.05) is 13.7 Å². The largest absolute Gasteiger partial charge is 0.496 e. The first-order chi connectivity index (χ1) is 9.38. The normalized spacial score (nSPS) is 12.2. The molecule has 1 N–H and O–H groups in total. The number of methoxy groups -OCH3 is 1. The van der Waals surface area contributed by atoms with Crippen LogP contribution in [-0.4, -0.2) is 37.5 Å². The lowest BCUT2D eigenvalue weighted by Gasteiger charge is -2.25. The highest BCUT2D eigenvalue weighted by Crippen LogP contribution is 2.25. The van der Waals surface area contributed by atoms with Gasteiger partial charge in [-0.1, -0.05) is 6.92 Å². The number of aliphatic hydroxyl groups is 1. The summed E-state index contributed by atoms with van der Waals surface area (Å²) in [6, 6.07) is 4.44. The number of aliphatic hydroxyl groups excluding tert-OH is 1. The maximum atomic E-state index is 12.6. The lowest BCUT2D eigenvalue weighted by molar-refractivity contribution is 0.273. The lowest BCUT2D eigenvalue weighted by atomic mass is 10.2. The highest BCUT2D eigenvalue weighted by Gasteiger charge is 2.26. The highest BCUT2D eigenvalue weighted by molar-refractivity contribution is 7.89. The molecule has 0 aliphatic rings. The Kier molecular flexibility index (Phi) is 5.98. The SMILES string of the molecule is CCCN(C(C)C)S(=O)(=O)c1ccc(OC)c(CO)c1. The smallest absolute Gasteiger partial charge is 0.243 e. The van der Waals surface area contributed by atoms with Crippen LogP contribution in [0.25, 0.3) is 0 Å². The van der Waals surface area contributed by atoms with Gasteiger partial charge in [0.2, 0.25) is 10.0 Å². The quantitative estimate of drug-likeness (QED) is 0.836. The molecule has 0 unspecified atom stereocenters. The molecule has 1 aromatic rings. The minimum Gasteiger partial charge on any atom is -0.496 e. The zero-order chi connectivity index (χ0) is 15.3. The molecule has 20 heavy (non-hydrogen) atoms. The topological polar surface area (TPSA) is 66.8 Å². The second-order valence-corrected chi connectivity index (χ2v) is 6.73. The van der Waals surface area contributed by atoms with Gasteiger partial charge in [0, 0.05) is 18.2 Å². The molecule has 0 aliphatic carbocycles. The van der Waals surface area contributed by atoms with Crippen molar-refractivity contribution < 1.29 is 18.3 Å². The molecule has 1 aromatic carbocycles. The first-order valence-electron chi connectivity index (χ1n) is 6.68. The van der Waals surface area contributed by atoms with Crippen LogP contribution in [0.15, 0.2) is 23.1 Å². The van der Waals surface area contributed by atoms with Crippen LogP contribution in [0.5, 0.6) is 5.75 Å². The molecule has 0 fully saturated rings. The lowest BCUT2D eigenvalue weighted by Crippen LogP contribution is -2.37. The van der Waals surface area contributed by atoms with Gasteiger partial charge in [-0.25, -0.2) is 8.42 Å². The molecular formula is C14H23NO4S. The molecule has 0 saturated carbocycles. The van der Waals surface area contributed by atoms with Gasteiger partial charge >= 0.3 is 0 Å². The van der Waals surface area contributed by atoms with Crippen LogP contribution in [-0.2, 0) is 16.6 Å². The number of sulfonamides is 1. The van der Waals surface area contributed by atoms with Crippen molar-refractivity contribution in [3.8, 4) is 5.75 Å². The van der Waals surface area contributed by atoms with E-state index in [0.29, 0.717) is 17.9 Å². The summed E-state index contributed by atoms with van der Waals surface area (Å²) in [7, 11) is -2.07. The van der Waals surface area contributed by atoms with E-state index in [4.69, 9.17) is 4.74 Å². The molecule has 0 atom stereocenters. The molecule has 114 valence electrons. The fraction of sp³-hybridized carbons (Fsp3) is 0.571. The van der Waals surface area contributed by atoms with E-state index < -0.39 is 10.0 Å². The Balaban J connectivity index is 3.27. The van der Waals surface area contributed by atoms with Gasteiger partial charge in [0.05, 0.1) is 18.6 Å². The molecule has 0 saturated heterocycles. The van der Waals surface area contributed by atoms with Crippen molar-refractivity contribution >= 4 is 10.0 Å². The van der Waals surface area contributed by atoms with Gasteiger partial charge < -0.3 is 9.84 Å². The number of benzene rings is 1. The Morgan fingerprint density at radius 1 is 1.35 bits per heavy atom. The van der Waals surface area contributed by atoms with Gasteiger partial charge in [0.25, 0.3) is 0 Å². The predicted molar refractivity (Wildman–Crippen MR) is 78.2 cm³/mol. The molecular weight excluding hydrogens is 278 g/mol. The minimum absolute atomic E-state index is 0.111. The van der Waals surface area contributed by atoms with Crippen molar-refractivity contribution in [3.63, 3.8) is 0 Å². The first-order valence-corrected chi connectivity index (χ1v) is 8.12. The summed E-state index contributed by atoms with van der Waals surface area (Å²) >= 11 is 0. The van der Waals surface area contributed by atoms with E-state index >= 15 is 0 Å². The van der Waals surface area contributed by atoms with E-state index in [1.165, 1.54) is 23.5 Å². The van der Waals surface area contributed by atoms with Crippen LogP contribution in [0.2, 0.25) is 0 Å². The summed E-state index contributed by atoms with van der Waals surface area (Å²) < 4.78 is 31.8. The molecule has 6 heteroatoms. The van der Waals surface area contributed by atoms with Crippen molar-refractivity contribution in [1.29, 1.82) is 0 Å². The van der Waals surface area contributed by atoms with E-state index in [2.05, 4.69) is 0 Å². The third-order valence-electron chi connectivity index (χ3n) is 3.05. The minimum atomic E-state index is -3.55. The Morgan fingerprint density at radius 3 is 2.45 bits per heavy atom. The van der Waals surface area contributed by atoms with Crippen LogP contribution < -0.4 is 4.74 Å². The van der Waals surface area contributed by atoms with E-state index in [1.54, 1.807) is 6.07 Å². The van der Waals surface area contributed by atoms with Crippen LogP contribution in [0, 0.1) is 0 Å². The van der Waals surface area contributed by atoms with Gasteiger partial charge in [-0.3, -0.25) is 0 Å². The fourth-order valence-corrected chi connectivity index (χ4v) is 3.83. The molecule has 0 aliphatic heterocycles. The maximum Gasteiger partial charge on any atom is 0.243 e. The molecule has 0 spiro atoms. The number of hydrogen-bond donors (Lipinski definition) is 1. The summed E-state index contributed by atoms with van der Waals surface area (Å²) in [6.07, 6.45) is 0.750. The average molecular weight is 301 g/mol. The molecule has 0 aromatic heterocycles. The number of ether oxygens (including phenoxy) is 1. The summed E-state index contributed by atoms with van der Waals surface area (Å²) in [5.41, 5.74) is 0.466. The summed E-state index contributed by atoms with van der Waals surface area (Å²) in [5, 5.41) is 9.30. The van der Waals surface area contributed by atoms with Crippen molar-refractivity contribution in [1.82, 2.24) is 4.31 Å². The zero-order valence-corrected chi connectivity index (χ0v) is 13.3. The first kappa shape index (κ1) is 16.9. The molecule has 0 amide bonds. The van der Waals surface area contributed by atoms with E-state index in [-0.39, 0.29) is 17.5 Å². The Morgan fingerprint density at radius 2 is 2.00 bits per heavy atom. The summed E-state index contributed by atoms with van der Waals surface area (Å²) in [4.78, 5) is 0.185.